The number of amides is 1. The van der Waals surface area contributed by atoms with Gasteiger partial charge in [-0.15, -0.1) is 0 Å². The van der Waals surface area contributed by atoms with Gasteiger partial charge in [0.15, 0.2) is 0 Å². The van der Waals surface area contributed by atoms with E-state index in [0.717, 1.165) is 43.5 Å². The summed E-state index contributed by atoms with van der Waals surface area (Å²) in [5.74, 6) is -1.33. The minimum atomic E-state index is -3.94. The number of anilines is 1. The van der Waals surface area contributed by atoms with Crippen molar-refractivity contribution in [2.75, 3.05) is 39.0 Å². The Kier molecular flexibility index (Phi) is 6.66. The van der Waals surface area contributed by atoms with E-state index in [1.165, 1.54) is 10.4 Å². The Morgan fingerprint density at radius 1 is 1.10 bits per heavy atom. The number of nitrogens with one attached hydrogen (secondary N) is 1. The van der Waals surface area contributed by atoms with Crippen molar-refractivity contribution in [3.05, 3.63) is 59.4 Å². The molecule has 156 valence electrons. The molecule has 0 spiro atoms. The number of hydrogen-bond acceptors (Lipinski definition) is 4. The Morgan fingerprint density at radius 3 is 2.38 bits per heavy atom. The largest absolute Gasteiger partial charge is 0.322 e. The number of benzene rings is 2. The van der Waals surface area contributed by atoms with Crippen molar-refractivity contribution in [1.82, 2.24) is 9.21 Å². The highest BCUT2D eigenvalue weighted by molar-refractivity contribution is 7.89. The first-order valence-corrected chi connectivity index (χ1v) is 11.1. The van der Waals surface area contributed by atoms with Crippen LogP contribution in [0.2, 0.25) is 0 Å². The number of nitrogens with zero attached hydrogens (tertiary/aromatic N) is 2. The van der Waals surface area contributed by atoms with Crippen molar-refractivity contribution in [2.24, 2.45) is 0 Å². The molecule has 0 atom stereocenters. The molecular formula is C21H26FN3O3S. The minimum Gasteiger partial charge on any atom is -0.322 e. The summed E-state index contributed by atoms with van der Waals surface area (Å²) in [6.45, 7) is 1.67. The topological polar surface area (TPSA) is 69.7 Å². The summed E-state index contributed by atoms with van der Waals surface area (Å²) < 4.78 is 40.9. The van der Waals surface area contributed by atoms with Gasteiger partial charge in [-0.05, 0) is 69.3 Å². The standard InChI is InChI=1S/C21H26FN3O3S/c1-24(2)14-11-16-5-8-18(9-6-16)23-21(26)17-7-10-19(22)20(15-17)29(27,28)25-12-3-4-13-25/h5-10,15H,3-4,11-14H2,1-2H3,(H,23,26). The van der Waals surface area contributed by atoms with E-state index in [-0.39, 0.29) is 5.56 Å². The van der Waals surface area contributed by atoms with Crippen LogP contribution in [0, 0.1) is 5.82 Å². The van der Waals surface area contributed by atoms with Crippen LogP contribution in [-0.4, -0.2) is 57.3 Å². The van der Waals surface area contributed by atoms with Gasteiger partial charge in [0.2, 0.25) is 10.0 Å². The van der Waals surface area contributed by atoms with Gasteiger partial charge in [-0.2, -0.15) is 4.31 Å². The molecule has 1 aliphatic rings. The summed E-state index contributed by atoms with van der Waals surface area (Å²) in [6, 6.07) is 10.9. The van der Waals surface area contributed by atoms with Gasteiger partial charge in [0.25, 0.3) is 5.91 Å². The van der Waals surface area contributed by atoms with Gasteiger partial charge < -0.3 is 10.2 Å². The monoisotopic (exact) mass is 419 g/mol. The smallest absolute Gasteiger partial charge is 0.255 e. The Balaban J connectivity index is 1.74. The van der Waals surface area contributed by atoms with Gasteiger partial charge in [0.05, 0.1) is 0 Å². The molecule has 1 heterocycles. The number of sulfonamides is 1. The van der Waals surface area contributed by atoms with Gasteiger partial charge in [0.1, 0.15) is 10.7 Å². The first-order valence-electron chi connectivity index (χ1n) is 9.62. The fraction of sp³-hybridized carbons (Fsp3) is 0.381. The zero-order valence-corrected chi connectivity index (χ0v) is 17.5. The number of halogens is 1. The third-order valence-electron chi connectivity index (χ3n) is 4.94. The molecule has 1 N–H and O–H groups in total. The summed E-state index contributed by atoms with van der Waals surface area (Å²) in [4.78, 5) is 14.2. The van der Waals surface area contributed by atoms with E-state index in [4.69, 9.17) is 0 Å². The molecule has 1 fully saturated rings. The molecule has 0 radical (unpaired) electrons. The van der Waals surface area contributed by atoms with Crippen LogP contribution in [0.1, 0.15) is 28.8 Å². The zero-order chi connectivity index (χ0) is 21.0. The number of hydrogen-bond donors (Lipinski definition) is 1. The second-order valence-corrected chi connectivity index (χ2v) is 9.37. The van der Waals surface area contributed by atoms with Crippen LogP contribution in [0.4, 0.5) is 10.1 Å². The van der Waals surface area contributed by atoms with Crippen molar-refractivity contribution >= 4 is 21.6 Å². The molecule has 1 amide bonds. The van der Waals surface area contributed by atoms with Gasteiger partial charge in [0, 0.05) is 30.9 Å². The molecule has 2 aromatic carbocycles. The van der Waals surface area contributed by atoms with Crippen molar-refractivity contribution in [3.63, 3.8) is 0 Å². The van der Waals surface area contributed by atoms with Crippen molar-refractivity contribution in [3.8, 4) is 0 Å². The maximum atomic E-state index is 14.2. The Bertz CT molecular complexity index is 969. The summed E-state index contributed by atoms with van der Waals surface area (Å²) >= 11 is 0. The molecule has 0 saturated carbocycles. The molecule has 3 rings (SSSR count). The van der Waals surface area contributed by atoms with E-state index in [9.17, 15) is 17.6 Å². The average molecular weight is 420 g/mol. The molecule has 1 aliphatic heterocycles. The summed E-state index contributed by atoms with van der Waals surface area (Å²) in [5, 5.41) is 2.74. The van der Waals surface area contributed by atoms with Crippen LogP contribution in [0.3, 0.4) is 0 Å². The number of likely N-dealkylation sites (N-methyl/N-ethyl adjacent to an activating group) is 1. The molecule has 0 bridgehead atoms. The van der Waals surface area contributed by atoms with Crippen molar-refractivity contribution < 1.29 is 17.6 Å². The minimum absolute atomic E-state index is 0.0980. The third kappa shape index (κ3) is 5.20. The fourth-order valence-electron chi connectivity index (χ4n) is 3.22. The van der Waals surface area contributed by atoms with Gasteiger partial charge in [-0.25, -0.2) is 12.8 Å². The summed E-state index contributed by atoms with van der Waals surface area (Å²) in [6.07, 6.45) is 2.41. The van der Waals surface area contributed by atoms with Crippen molar-refractivity contribution in [1.29, 1.82) is 0 Å². The highest BCUT2D eigenvalue weighted by Crippen LogP contribution is 2.24. The lowest BCUT2D eigenvalue weighted by Crippen LogP contribution is -2.29. The predicted molar refractivity (Wildman–Crippen MR) is 111 cm³/mol. The van der Waals surface area contributed by atoms with Crippen LogP contribution < -0.4 is 5.32 Å². The molecule has 29 heavy (non-hydrogen) atoms. The van der Waals surface area contributed by atoms with Crippen LogP contribution >= 0.6 is 0 Å². The quantitative estimate of drug-likeness (QED) is 0.749. The van der Waals surface area contributed by atoms with E-state index in [1.807, 2.05) is 26.2 Å². The summed E-state index contributed by atoms with van der Waals surface area (Å²) in [7, 11) is 0.0759. The maximum Gasteiger partial charge on any atom is 0.255 e. The predicted octanol–water partition coefficient (Wildman–Crippen LogP) is 2.97. The third-order valence-corrected chi connectivity index (χ3v) is 6.85. The van der Waals surface area contributed by atoms with E-state index in [1.54, 1.807) is 12.1 Å². The molecule has 8 heteroatoms. The lowest BCUT2D eigenvalue weighted by atomic mass is 10.1. The van der Waals surface area contributed by atoms with Crippen LogP contribution in [0.15, 0.2) is 47.4 Å². The van der Waals surface area contributed by atoms with Crippen molar-refractivity contribution in [2.45, 2.75) is 24.2 Å². The highest BCUT2D eigenvalue weighted by Gasteiger charge is 2.30. The molecule has 0 aliphatic carbocycles. The maximum absolute atomic E-state index is 14.2. The van der Waals surface area contributed by atoms with E-state index in [2.05, 4.69) is 10.2 Å². The zero-order valence-electron chi connectivity index (χ0n) is 16.7. The second kappa shape index (κ2) is 9.02. The average Bonchev–Trinajstić information content (AvgIpc) is 3.23. The molecular weight excluding hydrogens is 393 g/mol. The van der Waals surface area contributed by atoms with Gasteiger partial charge in [-0.1, -0.05) is 12.1 Å². The lowest BCUT2D eigenvalue weighted by molar-refractivity contribution is 0.102. The Morgan fingerprint density at radius 2 is 1.76 bits per heavy atom. The molecule has 2 aromatic rings. The molecule has 6 nitrogen and oxygen atoms in total. The fourth-order valence-corrected chi connectivity index (χ4v) is 4.83. The molecule has 0 unspecified atom stereocenters. The second-order valence-electron chi connectivity index (χ2n) is 7.46. The highest BCUT2D eigenvalue weighted by atomic mass is 32.2. The van der Waals surface area contributed by atoms with Gasteiger partial charge >= 0.3 is 0 Å². The van der Waals surface area contributed by atoms with E-state index in [0.29, 0.717) is 18.8 Å². The lowest BCUT2D eigenvalue weighted by Gasteiger charge is -2.16. The van der Waals surface area contributed by atoms with E-state index < -0.39 is 26.6 Å². The van der Waals surface area contributed by atoms with E-state index >= 15 is 0 Å². The van der Waals surface area contributed by atoms with Gasteiger partial charge in [-0.3, -0.25) is 4.79 Å². The summed E-state index contributed by atoms with van der Waals surface area (Å²) in [5.41, 5.74) is 1.84. The van der Waals surface area contributed by atoms with Crippen LogP contribution in [-0.2, 0) is 16.4 Å². The Labute approximate surface area is 171 Å². The first-order chi connectivity index (χ1) is 13.8. The molecule has 0 aromatic heterocycles. The number of carbonyl (C=O) groups excluding carboxylic acids is 1. The van der Waals surface area contributed by atoms with Crippen LogP contribution in [0.5, 0.6) is 0 Å². The first kappa shape index (κ1) is 21.4. The Hall–Kier alpha value is -2.29. The SMILES string of the molecule is CN(C)CCc1ccc(NC(=O)c2ccc(F)c(S(=O)(=O)N3CCCC3)c2)cc1. The number of rotatable bonds is 7. The number of carbonyl (C=O) groups is 1. The normalized spacial score (nSPS) is 15.0. The van der Waals surface area contributed by atoms with Crippen LogP contribution in [0.25, 0.3) is 0 Å². The molecule has 1 saturated heterocycles.